The molecule has 6 heteroatoms. The smallest absolute Gasteiger partial charge is 0.240 e. The van der Waals surface area contributed by atoms with E-state index in [1.165, 1.54) is 0 Å². The van der Waals surface area contributed by atoms with Crippen LogP contribution in [0, 0.1) is 0 Å². The van der Waals surface area contributed by atoms with E-state index in [1.807, 2.05) is 18.2 Å². The Bertz CT molecular complexity index is 578. The molecule has 19 heavy (non-hydrogen) atoms. The largest absolute Gasteiger partial charge is 0.493 e. The van der Waals surface area contributed by atoms with E-state index in [9.17, 15) is 0 Å². The van der Waals surface area contributed by atoms with Gasteiger partial charge < -0.3 is 19.7 Å². The molecule has 0 bridgehead atoms. The molecule has 0 atom stereocenters. The molecule has 1 heterocycles. The van der Waals surface area contributed by atoms with Crippen molar-refractivity contribution in [1.82, 2.24) is 10.1 Å². The van der Waals surface area contributed by atoms with E-state index in [0.717, 1.165) is 18.4 Å². The van der Waals surface area contributed by atoms with Crippen molar-refractivity contribution in [3.8, 4) is 22.9 Å². The Balaban J connectivity index is 1.92. The molecule has 2 aromatic rings. The maximum atomic E-state index is 5.81. The predicted octanol–water partition coefficient (Wildman–Crippen LogP) is 1.75. The van der Waals surface area contributed by atoms with Gasteiger partial charge in [-0.3, -0.25) is 0 Å². The van der Waals surface area contributed by atoms with Crippen LogP contribution in [-0.4, -0.2) is 23.4 Å². The molecule has 2 N–H and O–H groups in total. The lowest BCUT2D eigenvalue weighted by Crippen LogP contribution is -1.99. The first-order chi connectivity index (χ1) is 9.30. The Morgan fingerprint density at radius 1 is 1.37 bits per heavy atom. The number of hydrogen-bond donors (Lipinski definition) is 1. The van der Waals surface area contributed by atoms with Crippen LogP contribution in [0.5, 0.6) is 11.5 Å². The molecule has 3 rings (SSSR count). The number of nitrogens with two attached hydrogens (primary N) is 1. The summed E-state index contributed by atoms with van der Waals surface area (Å²) >= 11 is 0. The lowest BCUT2D eigenvalue weighted by Gasteiger charge is -2.10. The molecule has 0 spiro atoms. The van der Waals surface area contributed by atoms with Gasteiger partial charge in [0.25, 0.3) is 0 Å². The zero-order valence-electron chi connectivity index (χ0n) is 10.6. The third-order valence-electron chi connectivity index (χ3n) is 2.88. The summed E-state index contributed by atoms with van der Waals surface area (Å²) in [5.41, 5.74) is 6.27. The SMILES string of the molecule is COc1ccc(-c2noc(CN)n2)cc1OC1CC1. The lowest BCUT2D eigenvalue weighted by atomic mass is 10.2. The molecule has 0 saturated heterocycles. The molecule has 1 aromatic heterocycles. The number of hydrogen-bond acceptors (Lipinski definition) is 6. The van der Waals surface area contributed by atoms with Gasteiger partial charge in [0, 0.05) is 5.56 Å². The van der Waals surface area contributed by atoms with Crippen molar-refractivity contribution in [3.05, 3.63) is 24.1 Å². The van der Waals surface area contributed by atoms with Gasteiger partial charge in [-0.15, -0.1) is 0 Å². The average Bonchev–Trinajstić information content (AvgIpc) is 3.12. The second-order valence-corrected chi connectivity index (χ2v) is 4.40. The summed E-state index contributed by atoms with van der Waals surface area (Å²) in [4.78, 5) is 4.19. The minimum Gasteiger partial charge on any atom is -0.493 e. The molecule has 6 nitrogen and oxygen atoms in total. The first-order valence-corrected chi connectivity index (χ1v) is 6.18. The van der Waals surface area contributed by atoms with E-state index in [0.29, 0.717) is 29.3 Å². The third kappa shape index (κ3) is 2.53. The molecule has 0 radical (unpaired) electrons. The highest BCUT2D eigenvalue weighted by Gasteiger charge is 2.25. The summed E-state index contributed by atoms with van der Waals surface area (Å²) < 4.78 is 16.1. The fourth-order valence-electron chi connectivity index (χ4n) is 1.73. The molecule has 0 unspecified atom stereocenters. The van der Waals surface area contributed by atoms with Gasteiger partial charge in [0.2, 0.25) is 11.7 Å². The van der Waals surface area contributed by atoms with Crippen LogP contribution in [0.3, 0.4) is 0 Å². The Kier molecular flexibility index (Phi) is 3.08. The minimum atomic E-state index is 0.231. The van der Waals surface area contributed by atoms with Crippen molar-refractivity contribution in [1.29, 1.82) is 0 Å². The van der Waals surface area contributed by atoms with Crippen LogP contribution in [0.15, 0.2) is 22.7 Å². The van der Waals surface area contributed by atoms with Gasteiger partial charge >= 0.3 is 0 Å². The van der Waals surface area contributed by atoms with Crippen LogP contribution in [0.2, 0.25) is 0 Å². The Morgan fingerprint density at radius 2 is 2.21 bits per heavy atom. The lowest BCUT2D eigenvalue weighted by molar-refractivity contribution is 0.282. The summed E-state index contributed by atoms with van der Waals surface area (Å²) in [5, 5.41) is 3.89. The van der Waals surface area contributed by atoms with Crippen molar-refractivity contribution < 1.29 is 14.0 Å². The summed E-state index contributed by atoms with van der Waals surface area (Å²) in [5.74, 6) is 2.33. The molecule has 1 fully saturated rings. The van der Waals surface area contributed by atoms with E-state index in [-0.39, 0.29) is 6.54 Å². The van der Waals surface area contributed by atoms with E-state index >= 15 is 0 Å². The summed E-state index contributed by atoms with van der Waals surface area (Å²) in [6, 6.07) is 5.57. The molecule has 1 saturated carbocycles. The standard InChI is InChI=1S/C13H15N3O3/c1-17-10-5-2-8(6-11(10)18-9-3-4-9)13-15-12(7-14)19-16-13/h2,5-6,9H,3-4,7,14H2,1H3. The van der Waals surface area contributed by atoms with E-state index < -0.39 is 0 Å². The van der Waals surface area contributed by atoms with Gasteiger partial charge in [0.1, 0.15) is 0 Å². The van der Waals surface area contributed by atoms with Gasteiger partial charge in [-0.05, 0) is 31.0 Å². The van der Waals surface area contributed by atoms with Crippen molar-refractivity contribution >= 4 is 0 Å². The Morgan fingerprint density at radius 3 is 2.84 bits per heavy atom. The van der Waals surface area contributed by atoms with Gasteiger partial charge in [-0.2, -0.15) is 4.98 Å². The molecular formula is C13H15N3O3. The third-order valence-corrected chi connectivity index (χ3v) is 2.88. The van der Waals surface area contributed by atoms with Crippen LogP contribution < -0.4 is 15.2 Å². The van der Waals surface area contributed by atoms with Crippen LogP contribution in [-0.2, 0) is 6.54 Å². The minimum absolute atomic E-state index is 0.231. The highest BCUT2D eigenvalue weighted by Crippen LogP contribution is 2.36. The first kappa shape index (κ1) is 12.0. The first-order valence-electron chi connectivity index (χ1n) is 6.18. The maximum absolute atomic E-state index is 5.81. The maximum Gasteiger partial charge on any atom is 0.240 e. The molecule has 0 amide bonds. The van der Waals surface area contributed by atoms with Crippen LogP contribution in [0.1, 0.15) is 18.7 Å². The summed E-state index contributed by atoms with van der Waals surface area (Å²) in [6.07, 6.45) is 2.48. The highest BCUT2D eigenvalue weighted by molar-refractivity contribution is 5.60. The zero-order valence-corrected chi connectivity index (χ0v) is 10.6. The Hall–Kier alpha value is -2.08. The zero-order chi connectivity index (χ0) is 13.2. The predicted molar refractivity (Wildman–Crippen MR) is 67.8 cm³/mol. The second-order valence-electron chi connectivity index (χ2n) is 4.40. The number of ether oxygens (including phenoxy) is 2. The summed E-state index contributed by atoms with van der Waals surface area (Å²) in [6.45, 7) is 0.231. The van der Waals surface area contributed by atoms with Crippen molar-refractivity contribution in [2.75, 3.05) is 7.11 Å². The van der Waals surface area contributed by atoms with Crippen LogP contribution >= 0.6 is 0 Å². The number of methoxy groups -OCH3 is 1. The Labute approximate surface area is 110 Å². The topological polar surface area (TPSA) is 83.4 Å². The number of benzene rings is 1. The normalized spacial score (nSPS) is 14.4. The molecule has 100 valence electrons. The number of rotatable bonds is 5. The van der Waals surface area contributed by atoms with Crippen molar-refractivity contribution in [2.24, 2.45) is 5.73 Å². The van der Waals surface area contributed by atoms with E-state index in [4.69, 9.17) is 19.7 Å². The van der Waals surface area contributed by atoms with Crippen LogP contribution in [0.4, 0.5) is 0 Å². The fourth-order valence-corrected chi connectivity index (χ4v) is 1.73. The monoisotopic (exact) mass is 261 g/mol. The average molecular weight is 261 g/mol. The van der Waals surface area contributed by atoms with E-state index in [1.54, 1.807) is 7.11 Å². The molecule has 1 aromatic carbocycles. The second kappa shape index (κ2) is 4.89. The molecular weight excluding hydrogens is 246 g/mol. The van der Waals surface area contributed by atoms with Gasteiger partial charge in [0.15, 0.2) is 11.5 Å². The van der Waals surface area contributed by atoms with Gasteiger partial charge in [0.05, 0.1) is 19.8 Å². The molecule has 1 aliphatic rings. The summed E-state index contributed by atoms with van der Waals surface area (Å²) in [7, 11) is 1.62. The van der Waals surface area contributed by atoms with Crippen molar-refractivity contribution in [2.45, 2.75) is 25.5 Å². The quantitative estimate of drug-likeness (QED) is 0.882. The van der Waals surface area contributed by atoms with Gasteiger partial charge in [-0.1, -0.05) is 5.16 Å². The highest BCUT2D eigenvalue weighted by atomic mass is 16.5. The van der Waals surface area contributed by atoms with Gasteiger partial charge in [-0.25, -0.2) is 0 Å². The molecule has 0 aliphatic heterocycles. The number of aromatic nitrogens is 2. The van der Waals surface area contributed by atoms with Crippen molar-refractivity contribution in [3.63, 3.8) is 0 Å². The number of nitrogens with zero attached hydrogens (tertiary/aromatic N) is 2. The fraction of sp³-hybridized carbons (Fsp3) is 0.385. The molecule has 1 aliphatic carbocycles. The van der Waals surface area contributed by atoms with Crippen LogP contribution in [0.25, 0.3) is 11.4 Å². The van der Waals surface area contributed by atoms with E-state index in [2.05, 4.69) is 10.1 Å².